The van der Waals surface area contributed by atoms with Gasteiger partial charge in [-0.3, -0.25) is 9.69 Å². The Balaban J connectivity index is 1.22. The third-order valence-corrected chi connectivity index (χ3v) is 5.44. The molecule has 152 valence electrons. The van der Waals surface area contributed by atoms with Gasteiger partial charge in [0, 0.05) is 45.1 Å². The van der Waals surface area contributed by atoms with Gasteiger partial charge in [-0.25, -0.2) is 4.98 Å². The molecule has 1 saturated heterocycles. The Morgan fingerprint density at radius 1 is 1.10 bits per heavy atom. The van der Waals surface area contributed by atoms with Crippen molar-refractivity contribution in [3.8, 4) is 5.75 Å². The van der Waals surface area contributed by atoms with Crippen LogP contribution in [0.15, 0.2) is 48.8 Å². The molecule has 2 aromatic heterocycles. The molecule has 1 aliphatic rings. The van der Waals surface area contributed by atoms with Gasteiger partial charge >= 0.3 is 0 Å². The summed E-state index contributed by atoms with van der Waals surface area (Å²) < 4.78 is 7.89. The number of benzene rings is 1. The fourth-order valence-corrected chi connectivity index (χ4v) is 3.72. The lowest BCUT2D eigenvalue weighted by atomic mass is 10.1. The summed E-state index contributed by atoms with van der Waals surface area (Å²) in [4.78, 5) is 21.5. The van der Waals surface area contributed by atoms with E-state index in [0.717, 1.165) is 55.4 Å². The summed E-state index contributed by atoms with van der Waals surface area (Å²) in [6.45, 7) is 8.58. The number of carbonyl (C=O) groups excluding carboxylic acids is 1. The topological polar surface area (TPSA) is 50.1 Å². The average molecular weight is 393 g/mol. The minimum Gasteiger partial charge on any atom is -0.493 e. The summed E-state index contributed by atoms with van der Waals surface area (Å²) in [5.41, 5.74) is 4.31. The molecule has 6 heteroatoms. The number of aryl methyl sites for hydroxylation is 2. The van der Waals surface area contributed by atoms with E-state index < -0.39 is 0 Å². The number of rotatable bonds is 6. The SMILES string of the molecule is Cc1ccc(C)c(OCCC(=O)N2CCN(Cc3cn4ccccc4n3)CC2)c1. The zero-order chi connectivity index (χ0) is 20.2. The van der Waals surface area contributed by atoms with E-state index in [2.05, 4.69) is 28.2 Å². The van der Waals surface area contributed by atoms with E-state index in [1.165, 1.54) is 5.56 Å². The van der Waals surface area contributed by atoms with Crippen LogP contribution in [0.4, 0.5) is 0 Å². The molecule has 0 saturated carbocycles. The Morgan fingerprint density at radius 2 is 1.93 bits per heavy atom. The van der Waals surface area contributed by atoms with Crippen molar-refractivity contribution in [2.45, 2.75) is 26.8 Å². The standard InChI is InChI=1S/C23H28N4O2/c1-18-6-7-19(2)21(15-18)29-14-8-23(28)26-12-10-25(11-13-26)16-20-17-27-9-4-3-5-22(27)24-20/h3-7,9,15,17H,8,10-14,16H2,1-2H3. The van der Waals surface area contributed by atoms with E-state index in [0.29, 0.717) is 13.0 Å². The van der Waals surface area contributed by atoms with Gasteiger partial charge in [0.15, 0.2) is 0 Å². The van der Waals surface area contributed by atoms with Crippen LogP contribution in [-0.2, 0) is 11.3 Å². The maximum absolute atomic E-state index is 12.5. The maximum Gasteiger partial charge on any atom is 0.226 e. The fourth-order valence-electron chi connectivity index (χ4n) is 3.72. The number of carbonyl (C=O) groups is 1. The van der Waals surface area contributed by atoms with Gasteiger partial charge < -0.3 is 14.0 Å². The fraction of sp³-hybridized carbons (Fsp3) is 0.391. The van der Waals surface area contributed by atoms with Crippen LogP contribution < -0.4 is 4.74 Å². The van der Waals surface area contributed by atoms with Crippen LogP contribution in [0.2, 0.25) is 0 Å². The van der Waals surface area contributed by atoms with Gasteiger partial charge in [0.05, 0.1) is 18.7 Å². The van der Waals surface area contributed by atoms with Crippen molar-refractivity contribution in [1.29, 1.82) is 0 Å². The third kappa shape index (κ3) is 4.77. The number of piperazine rings is 1. The highest BCUT2D eigenvalue weighted by Gasteiger charge is 2.21. The normalized spacial score (nSPS) is 15.0. The smallest absolute Gasteiger partial charge is 0.226 e. The zero-order valence-corrected chi connectivity index (χ0v) is 17.2. The maximum atomic E-state index is 12.5. The van der Waals surface area contributed by atoms with Crippen molar-refractivity contribution in [1.82, 2.24) is 19.2 Å². The average Bonchev–Trinajstić information content (AvgIpc) is 3.13. The first-order valence-electron chi connectivity index (χ1n) is 10.2. The highest BCUT2D eigenvalue weighted by molar-refractivity contribution is 5.76. The van der Waals surface area contributed by atoms with E-state index in [4.69, 9.17) is 4.74 Å². The number of nitrogens with zero attached hydrogens (tertiary/aromatic N) is 4. The second kappa shape index (κ2) is 8.66. The van der Waals surface area contributed by atoms with Crippen molar-refractivity contribution >= 4 is 11.6 Å². The molecule has 0 unspecified atom stereocenters. The molecule has 0 N–H and O–H groups in total. The molecule has 3 aromatic rings. The van der Waals surface area contributed by atoms with Gasteiger partial charge in [0.1, 0.15) is 11.4 Å². The predicted octanol–water partition coefficient (Wildman–Crippen LogP) is 3.06. The van der Waals surface area contributed by atoms with Crippen LogP contribution in [0, 0.1) is 13.8 Å². The molecule has 0 spiro atoms. The molecule has 1 fully saturated rings. The van der Waals surface area contributed by atoms with E-state index >= 15 is 0 Å². The first-order chi connectivity index (χ1) is 14.1. The van der Waals surface area contributed by atoms with Gasteiger partial charge in [-0.15, -0.1) is 0 Å². The summed E-state index contributed by atoms with van der Waals surface area (Å²) in [7, 11) is 0. The van der Waals surface area contributed by atoms with Crippen LogP contribution in [-0.4, -0.2) is 57.9 Å². The second-order valence-corrected chi connectivity index (χ2v) is 7.72. The van der Waals surface area contributed by atoms with Crippen LogP contribution in [0.5, 0.6) is 5.75 Å². The van der Waals surface area contributed by atoms with Crippen molar-refractivity contribution in [3.63, 3.8) is 0 Å². The highest BCUT2D eigenvalue weighted by Crippen LogP contribution is 2.19. The molecule has 1 aromatic carbocycles. The van der Waals surface area contributed by atoms with Gasteiger partial charge in [-0.1, -0.05) is 18.2 Å². The van der Waals surface area contributed by atoms with Gasteiger partial charge in [-0.05, 0) is 43.2 Å². The number of pyridine rings is 1. The summed E-state index contributed by atoms with van der Waals surface area (Å²) in [6.07, 6.45) is 4.51. The number of hydrogen-bond donors (Lipinski definition) is 0. The number of amides is 1. The molecule has 3 heterocycles. The van der Waals surface area contributed by atoms with Crippen LogP contribution in [0.1, 0.15) is 23.2 Å². The Kier molecular flexibility index (Phi) is 5.81. The molecule has 29 heavy (non-hydrogen) atoms. The molecular formula is C23H28N4O2. The van der Waals surface area contributed by atoms with Crippen LogP contribution in [0.3, 0.4) is 0 Å². The summed E-state index contributed by atoms with van der Waals surface area (Å²) in [6, 6.07) is 12.2. The molecular weight excluding hydrogens is 364 g/mol. The Bertz CT molecular complexity index is 956. The van der Waals surface area contributed by atoms with Crippen LogP contribution >= 0.6 is 0 Å². The lowest BCUT2D eigenvalue weighted by Crippen LogP contribution is -2.48. The Hall–Kier alpha value is -2.86. The number of aromatic nitrogens is 2. The molecule has 6 nitrogen and oxygen atoms in total. The van der Waals surface area contributed by atoms with E-state index in [1.807, 2.05) is 53.6 Å². The molecule has 0 aliphatic carbocycles. The van der Waals surface area contributed by atoms with Crippen molar-refractivity contribution in [3.05, 3.63) is 65.6 Å². The molecule has 1 aliphatic heterocycles. The number of imidazole rings is 1. The van der Waals surface area contributed by atoms with E-state index in [9.17, 15) is 4.79 Å². The zero-order valence-electron chi connectivity index (χ0n) is 17.2. The van der Waals surface area contributed by atoms with Crippen molar-refractivity contribution in [2.75, 3.05) is 32.8 Å². The number of ether oxygens (including phenoxy) is 1. The Morgan fingerprint density at radius 3 is 2.72 bits per heavy atom. The second-order valence-electron chi connectivity index (χ2n) is 7.72. The van der Waals surface area contributed by atoms with Gasteiger partial charge in [0.25, 0.3) is 0 Å². The molecule has 0 atom stereocenters. The predicted molar refractivity (Wildman–Crippen MR) is 113 cm³/mol. The third-order valence-electron chi connectivity index (χ3n) is 5.44. The van der Waals surface area contributed by atoms with E-state index in [1.54, 1.807) is 0 Å². The van der Waals surface area contributed by atoms with Crippen molar-refractivity contribution in [2.24, 2.45) is 0 Å². The number of hydrogen-bond acceptors (Lipinski definition) is 4. The first kappa shape index (κ1) is 19.5. The van der Waals surface area contributed by atoms with Gasteiger partial charge in [0.2, 0.25) is 5.91 Å². The minimum atomic E-state index is 0.169. The monoisotopic (exact) mass is 392 g/mol. The summed E-state index contributed by atoms with van der Waals surface area (Å²) in [5, 5.41) is 0. The highest BCUT2D eigenvalue weighted by atomic mass is 16.5. The van der Waals surface area contributed by atoms with E-state index in [-0.39, 0.29) is 5.91 Å². The van der Waals surface area contributed by atoms with Crippen molar-refractivity contribution < 1.29 is 9.53 Å². The first-order valence-corrected chi connectivity index (χ1v) is 10.2. The number of fused-ring (bicyclic) bond motifs is 1. The van der Waals surface area contributed by atoms with Crippen LogP contribution in [0.25, 0.3) is 5.65 Å². The molecule has 1 amide bonds. The lowest BCUT2D eigenvalue weighted by Gasteiger charge is -2.34. The molecule has 0 bridgehead atoms. The summed E-state index contributed by atoms with van der Waals surface area (Å²) >= 11 is 0. The molecule has 4 rings (SSSR count). The summed E-state index contributed by atoms with van der Waals surface area (Å²) in [5.74, 6) is 1.04. The molecule has 0 radical (unpaired) electrons. The van der Waals surface area contributed by atoms with Gasteiger partial charge in [-0.2, -0.15) is 0 Å². The minimum absolute atomic E-state index is 0.169. The largest absolute Gasteiger partial charge is 0.493 e. The Labute approximate surface area is 171 Å². The lowest BCUT2D eigenvalue weighted by molar-refractivity contribution is -0.133. The quantitative estimate of drug-likeness (QED) is 0.647.